The molecule has 0 radical (unpaired) electrons. The zero-order valence-electron chi connectivity index (χ0n) is 8.16. The van der Waals surface area contributed by atoms with E-state index in [1.807, 2.05) is 0 Å². The third-order valence-electron chi connectivity index (χ3n) is 2.34. The van der Waals surface area contributed by atoms with Crippen LogP contribution in [-0.2, 0) is 9.53 Å². The van der Waals surface area contributed by atoms with E-state index in [2.05, 4.69) is 10.3 Å². The number of hydrogen-bond acceptors (Lipinski definition) is 3. The van der Waals surface area contributed by atoms with E-state index in [4.69, 9.17) is 4.74 Å². The highest BCUT2D eigenvalue weighted by Crippen LogP contribution is 2.14. The maximum absolute atomic E-state index is 11.6. The Morgan fingerprint density at radius 2 is 2.47 bits per heavy atom. The lowest BCUT2D eigenvalue weighted by Gasteiger charge is -2.08. The number of anilines is 1. The van der Waals surface area contributed by atoms with E-state index in [1.165, 1.54) is 12.3 Å². The van der Waals surface area contributed by atoms with Crippen LogP contribution in [0.4, 0.5) is 5.69 Å². The van der Waals surface area contributed by atoms with Gasteiger partial charge in [-0.25, -0.2) is 0 Å². The van der Waals surface area contributed by atoms with Gasteiger partial charge in [-0.05, 0) is 12.5 Å². The van der Waals surface area contributed by atoms with Gasteiger partial charge in [0.25, 0.3) is 0 Å². The van der Waals surface area contributed by atoms with Gasteiger partial charge < -0.3 is 15.0 Å². The summed E-state index contributed by atoms with van der Waals surface area (Å²) in [5.74, 6) is -0.178. The van der Waals surface area contributed by atoms with Crippen LogP contribution in [0.2, 0.25) is 0 Å². The normalized spacial score (nSPS) is 20.1. The zero-order valence-corrected chi connectivity index (χ0v) is 8.16. The Balaban J connectivity index is 2.02. The standard InChI is InChI=1S/C10H12N2O3/c13-9-5-8(1-3-11-9)12-10(14)7-2-4-15-6-7/h1,3,5,7H,2,4,6H2,(H2,11,12,13,14). The maximum Gasteiger partial charge on any atom is 0.249 e. The van der Waals surface area contributed by atoms with Crippen molar-refractivity contribution in [3.05, 3.63) is 28.7 Å². The lowest BCUT2D eigenvalue weighted by molar-refractivity contribution is -0.119. The number of nitrogens with one attached hydrogen (secondary N) is 2. The molecule has 1 amide bonds. The van der Waals surface area contributed by atoms with Gasteiger partial charge in [-0.3, -0.25) is 9.59 Å². The number of pyridine rings is 1. The van der Waals surface area contributed by atoms with Gasteiger partial charge >= 0.3 is 0 Å². The van der Waals surface area contributed by atoms with Crippen molar-refractivity contribution in [3.8, 4) is 0 Å². The molecule has 80 valence electrons. The minimum Gasteiger partial charge on any atom is -0.381 e. The third kappa shape index (κ3) is 2.44. The van der Waals surface area contributed by atoms with E-state index in [0.29, 0.717) is 18.9 Å². The second-order valence-electron chi connectivity index (χ2n) is 3.49. The molecule has 2 rings (SSSR count). The first kappa shape index (κ1) is 9.92. The summed E-state index contributed by atoms with van der Waals surface area (Å²) in [6.45, 7) is 1.10. The first-order valence-corrected chi connectivity index (χ1v) is 4.83. The molecule has 1 unspecified atom stereocenters. The number of carbonyl (C=O) groups is 1. The minimum atomic E-state index is -0.226. The monoisotopic (exact) mass is 208 g/mol. The predicted molar refractivity (Wildman–Crippen MR) is 54.6 cm³/mol. The Bertz CT molecular complexity index is 407. The van der Waals surface area contributed by atoms with Crippen LogP contribution >= 0.6 is 0 Å². The van der Waals surface area contributed by atoms with Crippen LogP contribution in [0.3, 0.4) is 0 Å². The number of H-pyrrole nitrogens is 1. The molecule has 2 N–H and O–H groups in total. The van der Waals surface area contributed by atoms with E-state index in [1.54, 1.807) is 6.07 Å². The Morgan fingerprint density at radius 1 is 1.60 bits per heavy atom. The van der Waals surface area contributed by atoms with Gasteiger partial charge in [-0.2, -0.15) is 0 Å². The van der Waals surface area contributed by atoms with E-state index < -0.39 is 0 Å². The van der Waals surface area contributed by atoms with Crippen LogP contribution in [-0.4, -0.2) is 24.1 Å². The summed E-state index contributed by atoms with van der Waals surface area (Å²) in [5, 5.41) is 2.69. The summed E-state index contributed by atoms with van der Waals surface area (Å²) < 4.78 is 5.11. The average molecular weight is 208 g/mol. The van der Waals surface area contributed by atoms with Crippen molar-refractivity contribution in [2.24, 2.45) is 5.92 Å². The first-order chi connectivity index (χ1) is 7.25. The molecule has 0 saturated carbocycles. The van der Waals surface area contributed by atoms with Crippen molar-refractivity contribution in [3.63, 3.8) is 0 Å². The molecular weight excluding hydrogens is 196 g/mol. The Kier molecular flexibility index (Phi) is 2.82. The van der Waals surface area contributed by atoms with Gasteiger partial charge in [0.15, 0.2) is 0 Å². The van der Waals surface area contributed by atoms with Crippen LogP contribution < -0.4 is 10.9 Å². The highest BCUT2D eigenvalue weighted by Gasteiger charge is 2.23. The lowest BCUT2D eigenvalue weighted by atomic mass is 10.1. The molecule has 1 aromatic rings. The summed E-state index contributed by atoms with van der Waals surface area (Å²) in [5.41, 5.74) is 0.297. The number of rotatable bonds is 2. The number of amides is 1. The van der Waals surface area contributed by atoms with E-state index in [-0.39, 0.29) is 17.4 Å². The SMILES string of the molecule is O=C(Nc1cc[nH]c(=O)c1)C1CCOC1. The fraction of sp³-hybridized carbons (Fsp3) is 0.400. The highest BCUT2D eigenvalue weighted by atomic mass is 16.5. The number of carbonyl (C=O) groups excluding carboxylic acids is 1. The molecular formula is C10H12N2O3. The Labute approximate surface area is 86.5 Å². The molecule has 0 bridgehead atoms. The van der Waals surface area contributed by atoms with Crippen molar-refractivity contribution in [1.82, 2.24) is 4.98 Å². The highest BCUT2D eigenvalue weighted by molar-refractivity contribution is 5.92. The fourth-order valence-corrected chi connectivity index (χ4v) is 1.51. The van der Waals surface area contributed by atoms with Gasteiger partial charge in [-0.1, -0.05) is 0 Å². The number of aromatic amines is 1. The van der Waals surface area contributed by atoms with Crippen molar-refractivity contribution in [2.45, 2.75) is 6.42 Å². The van der Waals surface area contributed by atoms with Crippen molar-refractivity contribution in [2.75, 3.05) is 18.5 Å². The van der Waals surface area contributed by atoms with Crippen LogP contribution in [0.15, 0.2) is 23.1 Å². The van der Waals surface area contributed by atoms with Crippen molar-refractivity contribution in [1.29, 1.82) is 0 Å². The van der Waals surface area contributed by atoms with Gasteiger partial charge in [0.1, 0.15) is 0 Å². The Morgan fingerprint density at radius 3 is 3.13 bits per heavy atom. The number of ether oxygens (including phenoxy) is 1. The van der Waals surface area contributed by atoms with Crippen LogP contribution in [0, 0.1) is 5.92 Å². The number of hydrogen-bond donors (Lipinski definition) is 2. The topological polar surface area (TPSA) is 71.2 Å². The molecule has 1 aromatic heterocycles. The Hall–Kier alpha value is -1.62. The van der Waals surface area contributed by atoms with Crippen LogP contribution in [0.5, 0.6) is 0 Å². The summed E-state index contributed by atoms with van der Waals surface area (Å²) in [7, 11) is 0. The van der Waals surface area contributed by atoms with E-state index in [0.717, 1.165) is 6.42 Å². The van der Waals surface area contributed by atoms with Crippen molar-refractivity contribution < 1.29 is 9.53 Å². The summed E-state index contributed by atoms with van der Waals surface area (Å²) in [6.07, 6.45) is 2.25. The second-order valence-corrected chi connectivity index (χ2v) is 3.49. The molecule has 0 spiro atoms. The molecule has 0 aromatic carbocycles. The second kappa shape index (κ2) is 4.27. The predicted octanol–water partition coefficient (Wildman–Crippen LogP) is 0.350. The quantitative estimate of drug-likeness (QED) is 0.736. The molecule has 15 heavy (non-hydrogen) atoms. The minimum absolute atomic E-state index is 0.0851. The fourth-order valence-electron chi connectivity index (χ4n) is 1.51. The largest absolute Gasteiger partial charge is 0.381 e. The summed E-state index contributed by atoms with van der Waals surface area (Å²) in [4.78, 5) is 25.1. The summed E-state index contributed by atoms with van der Waals surface area (Å²) >= 11 is 0. The zero-order chi connectivity index (χ0) is 10.7. The smallest absolute Gasteiger partial charge is 0.249 e. The number of aromatic nitrogens is 1. The molecule has 0 aliphatic carbocycles. The van der Waals surface area contributed by atoms with Gasteiger partial charge in [0.2, 0.25) is 11.5 Å². The van der Waals surface area contributed by atoms with Crippen LogP contribution in [0.25, 0.3) is 0 Å². The van der Waals surface area contributed by atoms with E-state index >= 15 is 0 Å². The maximum atomic E-state index is 11.6. The lowest BCUT2D eigenvalue weighted by Crippen LogP contribution is -2.23. The van der Waals surface area contributed by atoms with Gasteiger partial charge in [-0.15, -0.1) is 0 Å². The average Bonchev–Trinajstić information content (AvgIpc) is 2.70. The van der Waals surface area contributed by atoms with Gasteiger partial charge in [0, 0.05) is 24.6 Å². The molecule has 1 saturated heterocycles. The van der Waals surface area contributed by atoms with E-state index in [9.17, 15) is 9.59 Å². The van der Waals surface area contributed by atoms with Crippen molar-refractivity contribution >= 4 is 11.6 Å². The molecule has 2 heterocycles. The van der Waals surface area contributed by atoms with Crippen LogP contribution in [0.1, 0.15) is 6.42 Å². The molecule has 5 nitrogen and oxygen atoms in total. The van der Waals surface area contributed by atoms with Gasteiger partial charge in [0.05, 0.1) is 12.5 Å². The molecule has 1 aliphatic heterocycles. The third-order valence-corrected chi connectivity index (χ3v) is 2.34. The molecule has 1 aliphatic rings. The summed E-state index contributed by atoms with van der Waals surface area (Å²) in [6, 6.07) is 3.00. The molecule has 5 heteroatoms. The molecule has 1 atom stereocenters. The molecule has 1 fully saturated rings. The first-order valence-electron chi connectivity index (χ1n) is 4.83.